The van der Waals surface area contributed by atoms with Crippen LogP contribution in [-0.2, 0) is 9.53 Å². The fraction of sp³-hybridized carbons (Fsp3) is 0.500. The van der Waals surface area contributed by atoms with Crippen molar-refractivity contribution in [2.45, 2.75) is 38.3 Å². The molecule has 112 valence electrons. The topological polar surface area (TPSA) is 74.2 Å². The van der Waals surface area contributed by atoms with Gasteiger partial charge in [-0.15, -0.1) is 0 Å². The lowest BCUT2D eigenvalue weighted by Gasteiger charge is -2.19. The summed E-state index contributed by atoms with van der Waals surface area (Å²) in [5.74, 6) is -0.0354. The Kier molecular flexibility index (Phi) is 5.73. The lowest BCUT2D eigenvalue weighted by atomic mass is 10.1. The molecule has 2 atom stereocenters. The smallest absolute Gasteiger partial charge is 0.225 e. The van der Waals surface area contributed by atoms with E-state index in [9.17, 15) is 4.79 Å². The number of carbonyl (C=O) groups is 1. The SMILES string of the molecule is C[C@H](NCCC(=O)Nc1ccc(C#N)cc1)[C@H]1CCCO1. The van der Waals surface area contributed by atoms with E-state index in [1.807, 2.05) is 6.07 Å². The van der Waals surface area contributed by atoms with Gasteiger partial charge in [-0.25, -0.2) is 0 Å². The molecule has 0 radical (unpaired) electrons. The zero-order valence-corrected chi connectivity index (χ0v) is 12.3. The Balaban J connectivity index is 1.68. The monoisotopic (exact) mass is 287 g/mol. The van der Waals surface area contributed by atoms with Gasteiger partial charge < -0.3 is 15.4 Å². The van der Waals surface area contributed by atoms with E-state index in [1.54, 1.807) is 24.3 Å². The summed E-state index contributed by atoms with van der Waals surface area (Å²) < 4.78 is 5.60. The molecule has 1 aromatic rings. The molecular weight excluding hydrogens is 266 g/mol. The molecule has 1 heterocycles. The van der Waals surface area contributed by atoms with Gasteiger partial charge in [0.2, 0.25) is 5.91 Å². The van der Waals surface area contributed by atoms with Crippen molar-refractivity contribution in [2.75, 3.05) is 18.5 Å². The van der Waals surface area contributed by atoms with E-state index < -0.39 is 0 Å². The number of ether oxygens (including phenoxy) is 1. The molecule has 1 amide bonds. The molecule has 0 aromatic heterocycles. The van der Waals surface area contributed by atoms with Gasteiger partial charge in [0.05, 0.1) is 17.7 Å². The van der Waals surface area contributed by atoms with Crippen LogP contribution in [0.25, 0.3) is 0 Å². The normalized spacial score (nSPS) is 19.0. The van der Waals surface area contributed by atoms with Gasteiger partial charge in [0.1, 0.15) is 0 Å². The lowest BCUT2D eigenvalue weighted by molar-refractivity contribution is -0.116. The molecule has 1 aliphatic heterocycles. The Morgan fingerprint density at radius 1 is 1.48 bits per heavy atom. The van der Waals surface area contributed by atoms with E-state index in [1.165, 1.54) is 0 Å². The second-order valence-electron chi connectivity index (χ2n) is 5.28. The minimum absolute atomic E-state index is 0.0354. The molecule has 1 aromatic carbocycles. The average molecular weight is 287 g/mol. The summed E-state index contributed by atoms with van der Waals surface area (Å²) in [5, 5.41) is 14.9. The predicted molar refractivity (Wildman–Crippen MR) is 80.8 cm³/mol. The summed E-state index contributed by atoms with van der Waals surface area (Å²) in [6, 6.07) is 9.17. The third-order valence-corrected chi connectivity index (χ3v) is 3.64. The van der Waals surface area contributed by atoms with Crippen molar-refractivity contribution in [1.82, 2.24) is 5.32 Å². The number of amides is 1. The molecule has 1 fully saturated rings. The van der Waals surface area contributed by atoms with E-state index in [4.69, 9.17) is 10.00 Å². The maximum Gasteiger partial charge on any atom is 0.225 e. The summed E-state index contributed by atoms with van der Waals surface area (Å²) in [6.45, 7) is 3.56. The number of hydrogen-bond donors (Lipinski definition) is 2. The van der Waals surface area contributed by atoms with E-state index in [0.717, 1.165) is 19.4 Å². The van der Waals surface area contributed by atoms with Crippen molar-refractivity contribution >= 4 is 11.6 Å². The molecule has 5 nitrogen and oxygen atoms in total. The Hall–Kier alpha value is -1.90. The molecular formula is C16H21N3O2. The third kappa shape index (κ3) is 4.85. The number of nitrogens with zero attached hydrogens (tertiary/aromatic N) is 1. The number of carbonyl (C=O) groups excluding carboxylic acids is 1. The Morgan fingerprint density at radius 3 is 2.86 bits per heavy atom. The zero-order valence-electron chi connectivity index (χ0n) is 12.3. The van der Waals surface area contributed by atoms with Crippen LogP contribution in [0.15, 0.2) is 24.3 Å². The van der Waals surface area contributed by atoms with Crippen molar-refractivity contribution in [3.8, 4) is 6.07 Å². The first kappa shape index (κ1) is 15.5. The van der Waals surface area contributed by atoms with E-state index in [0.29, 0.717) is 24.2 Å². The Morgan fingerprint density at radius 2 is 2.24 bits per heavy atom. The summed E-state index contributed by atoms with van der Waals surface area (Å²) in [7, 11) is 0. The highest BCUT2D eigenvalue weighted by Crippen LogP contribution is 2.15. The number of nitriles is 1. The lowest BCUT2D eigenvalue weighted by Crippen LogP contribution is -2.38. The van der Waals surface area contributed by atoms with Crippen LogP contribution in [-0.4, -0.2) is 31.2 Å². The number of anilines is 1. The first-order valence-corrected chi connectivity index (χ1v) is 7.34. The fourth-order valence-corrected chi connectivity index (χ4v) is 2.39. The van der Waals surface area contributed by atoms with Gasteiger partial charge in [-0.3, -0.25) is 4.79 Å². The third-order valence-electron chi connectivity index (χ3n) is 3.64. The zero-order chi connectivity index (χ0) is 15.1. The predicted octanol–water partition coefficient (Wildman–Crippen LogP) is 2.04. The van der Waals surface area contributed by atoms with Crippen LogP contribution >= 0.6 is 0 Å². The van der Waals surface area contributed by atoms with Gasteiger partial charge in [-0.05, 0) is 44.0 Å². The van der Waals surface area contributed by atoms with Crippen LogP contribution < -0.4 is 10.6 Å². The van der Waals surface area contributed by atoms with Gasteiger partial charge in [-0.2, -0.15) is 5.26 Å². The minimum atomic E-state index is -0.0354. The Labute approximate surface area is 125 Å². The molecule has 0 unspecified atom stereocenters. The molecule has 2 N–H and O–H groups in total. The highest BCUT2D eigenvalue weighted by Gasteiger charge is 2.21. The van der Waals surface area contributed by atoms with E-state index in [-0.39, 0.29) is 18.1 Å². The standard InChI is InChI=1S/C16H21N3O2/c1-12(15-3-2-10-21-15)18-9-8-16(20)19-14-6-4-13(11-17)5-7-14/h4-7,12,15,18H,2-3,8-10H2,1H3,(H,19,20)/t12-,15+/m0/s1. The second kappa shape index (κ2) is 7.77. The van der Waals surface area contributed by atoms with Crippen LogP contribution in [0.5, 0.6) is 0 Å². The minimum Gasteiger partial charge on any atom is -0.377 e. The summed E-state index contributed by atoms with van der Waals surface area (Å²) in [5.41, 5.74) is 1.30. The van der Waals surface area contributed by atoms with Crippen molar-refractivity contribution in [1.29, 1.82) is 5.26 Å². The molecule has 1 saturated heterocycles. The van der Waals surface area contributed by atoms with Crippen molar-refractivity contribution in [3.05, 3.63) is 29.8 Å². The highest BCUT2D eigenvalue weighted by molar-refractivity contribution is 5.90. The maximum absolute atomic E-state index is 11.8. The van der Waals surface area contributed by atoms with Gasteiger partial charge in [0.15, 0.2) is 0 Å². The number of benzene rings is 1. The summed E-state index contributed by atoms with van der Waals surface area (Å²) >= 11 is 0. The molecule has 0 bridgehead atoms. The highest BCUT2D eigenvalue weighted by atomic mass is 16.5. The first-order valence-electron chi connectivity index (χ1n) is 7.34. The Bertz CT molecular complexity index is 501. The van der Waals surface area contributed by atoms with Crippen molar-refractivity contribution in [2.24, 2.45) is 0 Å². The number of nitrogens with one attached hydrogen (secondary N) is 2. The molecule has 2 rings (SSSR count). The fourth-order valence-electron chi connectivity index (χ4n) is 2.39. The molecule has 0 spiro atoms. The molecule has 0 aliphatic carbocycles. The molecule has 5 heteroatoms. The molecule has 21 heavy (non-hydrogen) atoms. The summed E-state index contributed by atoms with van der Waals surface area (Å²) in [4.78, 5) is 11.8. The molecule has 1 aliphatic rings. The maximum atomic E-state index is 11.8. The van der Waals surface area contributed by atoms with Gasteiger partial charge in [0, 0.05) is 31.3 Å². The number of rotatable bonds is 6. The quantitative estimate of drug-likeness (QED) is 0.839. The van der Waals surface area contributed by atoms with Gasteiger partial charge in [0.25, 0.3) is 0 Å². The largest absolute Gasteiger partial charge is 0.377 e. The molecule has 0 saturated carbocycles. The second-order valence-corrected chi connectivity index (χ2v) is 5.28. The van der Waals surface area contributed by atoms with Crippen LogP contribution in [0.4, 0.5) is 5.69 Å². The average Bonchev–Trinajstić information content (AvgIpc) is 3.02. The van der Waals surface area contributed by atoms with Crippen LogP contribution in [0.1, 0.15) is 31.7 Å². The first-order chi connectivity index (χ1) is 10.2. The van der Waals surface area contributed by atoms with Crippen molar-refractivity contribution in [3.63, 3.8) is 0 Å². The van der Waals surface area contributed by atoms with Crippen LogP contribution in [0.2, 0.25) is 0 Å². The summed E-state index contributed by atoms with van der Waals surface area (Å²) in [6.07, 6.45) is 2.89. The van der Waals surface area contributed by atoms with Crippen LogP contribution in [0, 0.1) is 11.3 Å². The van der Waals surface area contributed by atoms with E-state index in [2.05, 4.69) is 17.6 Å². The van der Waals surface area contributed by atoms with Crippen LogP contribution in [0.3, 0.4) is 0 Å². The van der Waals surface area contributed by atoms with Gasteiger partial charge >= 0.3 is 0 Å². The van der Waals surface area contributed by atoms with Crippen molar-refractivity contribution < 1.29 is 9.53 Å². The number of hydrogen-bond acceptors (Lipinski definition) is 4. The van der Waals surface area contributed by atoms with Gasteiger partial charge in [-0.1, -0.05) is 0 Å². The van der Waals surface area contributed by atoms with E-state index >= 15 is 0 Å².